The largest absolute Gasteiger partial charge is 0.454 e. The molecule has 2 heterocycles. The molecule has 1 aromatic heterocycles. The van der Waals surface area contributed by atoms with Gasteiger partial charge in [-0.1, -0.05) is 20.3 Å². The third-order valence-corrected chi connectivity index (χ3v) is 3.47. The van der Waals surface area contributed by atoms with Crippen molar-refractivity contribution in [1.29, 1.82) is 0 Å². The maximum atomic E-state index is 5.43. The van der Waals surface area contributed by atoms with Gasteiger partial charge in [0.25, 0.3) is 0 Å². The summed E-state index contributed by atoms with van der Waals surface area (Å²) in [7, 11) is 0. The fraction of sp³-hybridized carbons (Fsp3) is 0.429. The maximum absolute atomic E-state index is 5.43. The third-order valence-electron chi connectivity index (χ3n) is 3.47. The first-order chi connectivity index (χ1) is 8.28. The summed E-state index contributed by atoms with van der Waals surface area (Å²) in [6.07, 6.45) is 3.34. The molecule has 0 radical (unpaired) electrons. The summed E-state index contributed by atoms with van der Waals surface area (Å²) in [5.74, 6) is 2.41. The van der Waals surface area contributed by atoms with E-state index in [-0.39, 0.29) is 0 Å². The van der Waals surface area contributed by atoms with Crippen LogP contribution in [0.15, 0.2) is 24.4 Å². The fourth-order valence-electron chi connectivity index (χ4n) is 2.20. The van der Waals surface area contributed by atoms with Gasteiger partial charge < -0.3 is 14.0 Å². The second-order valence-electron chi connectivity index (χ2n) is 4.75. The molecule has 3 heteroatoms. The normalized spacial score (nSPS) is 15.4. The first-order valence-electron chi connectivity index (χ1n) is 6.16. The molecule has 0 amide bonds. The van der Waals surface area contributed by atoms with Crippen LogP contribution < -0.4 is 9.47 Å². The van der Waals surface area contributed by atoms with E-state index in [9.17, 15) is 0 Å². The van der Waals surface area contributed by atoms with Crippen LogP contribution >= 0.6 is 0 Å². The average Bonchev–Trinajstić information content (AvgIpc) is 2.93. The minimum absolute atomic E-state index is 0.341. The lowest BCUT2D eigenvalue weighted by Crippen LogP contribution is -2.05. The van der Waals surface area contributed by atoms with Gasteiger partial charge in [-0.05, 0) is 18.1 Å². The zero-order valence-electron chi connectivity index (χ0n) is 10.3. The molecule has 3 rings (SSSR count). The monoisotopic (exact) mass is 231 g/mol. The van der Waals surface area contributed by atoms with Crippen molar-refractivity contribution in [2.24, 2.45) is 5.92 Å². The van der Waals surface area contributed by atoms with E-state index < -0.39 is 0 Å². The molecule has 2 aromatic rings. The molecule has 1 aliphatic rings. The predicted molar refractivity (Wildman–Crippen MR) is 67.5 cm³/mol. The van der Waals surface area contributed by atoms with Gasteiger partial charge in [0.2, 0.25) is 6.79 Å². The molecule has 1 atom stereocenters. The Labute approximate surface area is 101 Å². The molecular weight excluding hydrogens is 214 g/mol. The molecule has 1 unspecified atom stereocenters. The number of rotatable bonds is 3. The first kappa shape index (κ1) is 10.5. The summed E-state index contributed by atoms with van der Waals surface area (Å²) >= 11 is 0. The van der Waals surface area contributed by atoms with Crippen LogP contribution in [0.3, 0.4) is 0 Å². The van der Waals surface area contributed by atoms with Crippen LogP contribution in [0.1, 0.15) is 20.3 Å². The predicted octanol–water partition coefficient (Wildman–Crippen LogP) is 3.42. The number of hydrogen-bond acceptors (Lipinski definition) is 2. The average molecular weight is 231 g/mol. The van der Waals surface area contributed by atoms with Gasteiger partial charge in [-0.2, -0.15) is 0 Å². The first-order valence-corrected chi connectivity index (χ1v) is 6.16. The van der Waals surface area contributed by atoms with Gasteiger partial charge in [0.15, 0.2) is 11.5 Å². The van der Waals surface area contributed by atoms with Gasteiger partial charge in [-0.3, -0.25) is 0 Å². The highest BCUT2D eigenvalue weighted by Gasteiger charge is 2.16. The standard InChI is InChI=1S/C14H17NO2/c1-3-10(2)8-15-5-4-11-6-13-14(7-12(11)15)17-9-16-13/h4-7,10H,3,8-9H2,1-2H3. The number of ether oxygens (including phenoxy) is 2. The Morgan fingerprint density at radius 2 is 2.06 bits per heavy atom. The highest BCUT2D eigenvalue weighted by molar-refractivity contribution is 5.84. The van der Waals surface area contributed by atoms with Crippen LogP contribution in [0.2, 0.25) is 0 Å². The Kier molecular flexibility index (Phi) is 2.46. The Morgan fingerprint density at radius 1 is 1.29 bits per heavy atom. The van der Waals surface area contributed by atoms with E-state index in [4.69, 9.17) is 9.47 Å². The van der Waals surface area contributed by atoms with Crippen molar-refractivity contribution in [3.05, 3.63) is 24.4 Å². The van der Waals surface area contributed by atoms with Gasteiger partial charge in [0.05, 0.1) is 5.52 Å². The molecule has 3 nitrogen and oxygen atoms in total. The van der Waals surface area contributed by atoms with Crippen molar-refractivity contribution in [3.8, 4) is 11.5 Å². The van der Waals surface area contributed by atoms with Gasteiger partial charge in [0, 0.05) is 24.2 Å². The van der Waals surface area contributed by atoms with E-state index in [2.05, 4.69) is 42.8 Å². The molecule has 0 aliphatic carbocycles. The summed E-state index contributed by atoms with van der Waals surface area (Å²) in [4.78, 5) is 0. The van der Waals surface area contributed by atoms with E-state index >= 15 is 0 Å². The van der Waals surface area contributed by atoms with E-state index in [1.165, 1.54) is 17.3 Å². The van der Waals surface area contributed by atoms with Crippen LogP contribution in [0.25, 0.3) is 10.9 Å². The minimum Gasteiger partial charge on any atom is -0.454 e. The number of aromatic nitrogens is 1. The Bertz CT molecular complexity index is 544. The lowest BCUT2D eigenvalue weighted by Gasteiger charge is -2.11. The van der Waals surface area contributed by atoms with Crippen molar-refractivity contribution < 1.29 is 9.47 Å². The molecule has 17 heavy (non-hydrogen) atoms. The quantitative estimate of drug-likeness (QED) is 0.808. The van der Waals surface area contributed by atoms with Gasteiger partial charge in [0.1, 0.15) is 0 Å². The highest BCUT2D eigenvalue weighted by atomic mass is 16.7. The van der Waals surface area contributed by atoms with Crippen molar-refractivity contribution >= 4 is 10.9 Å². The van der Waals surface area contributed by atoms with Crippen molar-refractivity contribution in [2.45, 2.75) is 26.8 Å². The van der Waals surface area contributed by atoms with E-state index in [1.54, 1.807) is 0 Å². The topological polar surface area (TPSA) is 23.4 Å². The fourth-order valence-corrected chi connectivity index (χ4v) is 2.20. The lowest BCUT2D eigenvalue weighted by molar-refractivity contribution is 0.174. The molecule has 0 saturated heterocycles. The SMILES string of the molecule is CCC(C)Cn1ccc2cc3c(cc21)OCO3. The summed E-state index contributed by atoms with van der Waals surface area (Å²) < 4.78 is 13.1. The van der Waals surface area contributed by atoms with Crippen LogP contribution in [0.4, 0.5) is 0 Å². The molecular formula is C14H17NO2. The number of hydrogen-bond donors (Lipinski definition) is 0. The van der Waals surface area contributed by atoms with Gasteiger partial charge >= 0.3 is 0 Å². The zero-order valence-corrected chi connectivity index (χ0v) is 10.3. The summed E-state index contributed by atoms with van der Waals surface area (Å²) in [6.45, 7) is 5.90. The van der Waals surface area contributed by atoms with Crippen LogP contribution in [0.5, 0.6) is 11.5 Å². The van der Waals surface area contributed by atoms with Crippen LogP contribution in [0, 0.1) is 5.92 Å². The minimum atomic E-state index is 0.341. The molecule has 0 saturated carbocycles. The van der Waals surface area contributed by atoms with Crippen molar-refractivity contribution in [3.63, 3.8) is 0 Å². The number of fused-ring (bicyclic) bond motifs is 2. The van der Waals surface area contributed by atoms with Crippen molar-refractivity contribution in [2.75, 3.05) is 6.79 Å². The molecule has 0 bridgehead atoms. The second kappa shape index (κ2) is 3.99. The summed E-state index contributed by atoms with van der Waals surface area (Å²) in [5, 5.41) is 1.22. The number of benzene rings is 1. The molecule has 1 aliphatic heterocycles. The Hall–Kier alpha value is -1.64. The third kappa shape index (κ3) is 1.75. The van der Waals surface area contributed by atoms with Gasteiger partial charge in [-0.15, -0.1) is 0 Å². The van der Waals surface area contributed by atoms with Crippen molar-refractivity contribution in [1.82, 2.24) is 4.57 Å². The van der Waals surface area contributed by atoms with Crippen LogP contribution in [-0.2, 0) is 6.54 Å². The second-order valence-corrected chi connectivity index (χ2v) is 4.75. The smallest absolute Gasteiger partial charge is 0.231 e. The molecule has 0 N–H and O–H groups in total. The van der Waals surface area contributed by atoms with Gasteiger partial charge in [-0.25, -0.2) is 0 Å². The molecule has 90 valence electrons. The summed E-state index contributed by atoms with van der Waals surface area (Å²) in [5.41, 5.74) is 1.23. The van der Waals surface area contributed by atoms with Crippen LogP contribution in [-0.4, -0.2) is 11.4 Å². The lowest BCUT2D eigenvalue weighted by atomic mass is 10.1. The zero-order chi connectivity index (χ0) is 11.8. The summed E-state index contributed by atoms with van der Waals surface area (Å²) in [6, 6.07) is 6.28. The Morgan fingerprint density at radius 3 is 2.82 bits per heavy atom. The number of nitrogens with zero attached hydrogens (tertiary/aromatic N) is 1. The van der Waals surface area contributed by atoms with E-state index in [1.807, 2.05) is 0 Å². The van der Waals surface area contributed by atoms with E-state index in [0.29, 0.717) is 12.7 Å². The molecule has 1 aromatic carbocycles. The Balaban J connectivity index is 2.03. The van der Waals surface area contributed by atoms with E-state index in [0.717, 1.165) is 18.0 Å². The highest BCUT2D eigenvalue weighted by Crippen LogP contribution is 2.36. The molecule has 0 fully saturated rings. The maximum Gasteiger partial charge on any atom is 0.231 e. The molecule has 0 spiro atoms.